The zero-order valence-corrected chi connectivity index (χ0v) is 14.3. The molecule has 2 heterocycles. The lowest BCUT2D eigenvalue weighted by Gasteiger charge is -2.34. The fourth-order valence-corrected chi connectivity index (χ4v) is 5.69. The van der Waals surface area contributed by atoms with Gasteiger partial charge in [0.1, 0.15) is 0 Å². The van der Waals surface area contributed by atoms with Gasteiger partial charge in [0, 0.05) is 0 Å². The molecule has 1 aliphatic carbocycles. The molecule has 0 unspecified atom stereocenters. The van der Waals surface area contributed by atoms with Crippen molar-refractivity contribution in [2.45, 2.75) is 56.1 Å². The molecule has 2 aromatic rings. The van der Waals surface area contributed by atoms with Gasteiger partial charge in [-0.2, -0.15) is 13.5 Å². The van der Waals surface area contributed by atoms with E-state index in [1.807, 2.05) is 38.1 Å². The molecule has 0 spiro atoms. The number of sulfonamides is 1. The number of anilines is 1. The van der Waals surface area contributed by atoms with Crippen molar-refractivity contribution in [2.24, 2.45) is 0 Å². The van der Waals surface area contributed by atoms with Crippen LogP contribution in [0.2, 0.25) is 0 Å². The number of fused-ring (bicyclic) bond motifs is 1. The van der Waals surface area contributed by atoms with E-state index < -0.39 is 15.6 Å². The van der Waals surface area contributed by atoms with Crippen molar-refractivity contribution in [3.05, 3.63) is 42.1 Å². The highest BCUT2D eigenvalue weighted by molar-refractivity contribution is 7.92. The van der Waals surface area contributed by atoms with Gasteiger partial charge >= 0.3 is 0 Å². The molecule has 1 saturated carbocycles. The third-order valence-corrected chi connectivity index (χ3v) is 6.97. The van der Waals surface area contributed by atoms with Crippen LogP contribution in [-0.2, 0) is 16.4 Å². The van der Waals surface area contributed by atoms with Crippen molar-refractivity contribution in [3.63, 3.8) is 0 Å². The van der Waals surface area contributed by atoms with E-state index in [2.05, 4.69) is 5.10 Å². The van der Waals surface area contributed by atoms with Crippen molar-refractivity contribution in [1.29, 1.82) is 0 Å². The van der Waals surface area contributed by atoms with Gasteiger partial charge in [0.15, 0.2) is 5.03 Å². The van der Waals surface area contributed by atoms with Crippen LogP contribution >= 0.6 is 0 Å². The minimum atomic E-state index is -3.63. The number of aromatic nitrogens is 2. The Labute approximate surface area is 137 Å². The summed E-state index contributed by atoms with van der Waals surface area (Å²) in [7, 11) is -3.63. The summed E-state index contributed by atoms with van der Waals surface area (Å²) >= 11 is 0. The first kappa shape index (κ1) is 14.8. The fraction of sp³-hybridized carbons (Fsp3) is 0.471. The van der Waals surface area contributed by atoms with Crippen LogP contribution in [0, 0.1) is 0 Å². The van der Waals surface area contributed by atoms with E-state index in [-0.39, 0.29) is 6.04 Å². The predicted molar refractivity (Wildman–Crippen MR) is 89.0 cm³/mol. The Morgan fingerprint density at radius 1 is 1.17 bits per heavy atom. The summed E-state index contributed by atoms with van der Waals surface area (Å²) in [6.45, 7) is 3.96. The molecule has 2 aliphatic rings. The first-order valence-electron chi connectivity index (χ1n) is 8.08. The van der Waals surface area contributed by atoms with Gasteiger partial charge < -0.3 is 0 Å². The molecule has 0 atom stereocenters. The zero-order chi connectivity index (χ0) is 16.2. The molecule has 6 heteroatoms. The van der Waals surface area contributed by atoms with Crippen molar-refractivity contribution < 1.29 is 8.42 Å². The van der Waals surface area contributed by atoms with Crippen LogP contribution in [0.1, 0.15) is 44.7 Å². The molecule has 1 fully saturated rings. The van der Waals surface area contributed by atoms with Gasteiger partial charge in [-0.25, -0.2) is 4.68 Å². The van der Waals surface area contributed by atoms with Gasteiger partial charge in [0.2, 0.25) is 0 Å². The summed E-state index contributed by atoms with van der Waals surface area (Å²) in [5, 5.41) is 4.60. The van der Waals surface area contributed by atoms with Crippen LogP contribution < -0.4 is 4.31 Å². The molecule has 23 heavy (non-hydrogen) atoms. The molecular formula is C17H21N3O2S. The van der Waals surface area contributed by atoms with Gasteiger partial charge in [-0.15, -0.1) is 0 Å². The summed E-state index contributed by atoms with van der Waals surface area (Å²) in [6, 6.07) is 9.61. The van der Waals surface area contributed by atoms with E-state index in [4.69, 9.17) is 0 Å². The Morgan fingerprint density at radius 2 is 1.91 bits per heavy atom. The Balaban J connectivity index is 1.84. The first-order valence-corrected chi connectivity index (χ1v) is 9.52. The SMILES string of the molecule is CC1(C)Cc2ccccc2N1S(=O)(=O)c1ccnn1C1CCC1. The normalized spacial score (nSPS) is 20.3. The van der Waals surface area contributed by atoms with Crippen LogP contribution in [0.15, 0.2) is 41.6 Å². The minimum Gasteiger partial charge on any atom is -0.259 e. The highest BCUT2D eigenvalue weighted by Gasteiger charge is 2.45. The standard InChI is InChI=1S/C17H21N3O2S/c1-17(2)12-13-6-3-4-9-15(13)20(17)23(21,22)16-10-11-18-19(16)14-7-5-8-14/h3-4,6,9-11,14H,5,7-8,12H2,1-2H3. The van der Waals surface area contributed by atoms with Crippen LogP contribution in [0.3, 0.4) is 0 Å². The third kappa shape index (κ3) is 2.11. The summed E-state index contributed by atoms with van der Waals surface area (Å²) in [5.74, 6) is 0. The maximum atomic E-state index is 13.4. The van der Waals surface area contributed by atoms with E-state index in [0.29, 0.717) is 5.03 Å². The smallest absolute Gasteiger partial charge is 0.259 e. The number of rotatable bonds is 3. The lowest BCUT2D eigenvalue weighted by atomic mass is 9.93. The van der Waals surface area contributed by atoms with Crippen molar-refractivity contribution in [3.8, 4) is 0 Å². The maximum absolute atomic E-state index is 13.4. The summed E-state index contributed by atoms with van der Waals surface area (Å²) < 4.78 is 30.1. The van der Waals surface area contributed by atoms with Gasteiger partial charge in [-0.3, -0.25) is 4.31 Å². The van der Waals surface area contributed by atoms with E-state index >= 15 is 0 Å². The average Bonchev–Trinajstić information content (AvgIpc) is 2.97. The summed E-state index contributed by atoms with van der Waals surface area (Å²) in [4.78, 5) is 0. The maximum Gasteiger partial charge on any atom is 0.282 e. The van der Waals surface area contributed by atoms with Gasteiger partial charge in [0.25, 0.3) is 10.0 Å². The Bertz CT molecular complexity index is 850. The lowest BCUT2D eigenvalue weighted by Crippen LogP contribution is -2.46. The van der Waals surface area contributed by atoms with Gasteiger partial charge in [-0.05, 0) is 57.2 Å². The van der Waals surface area contributed by atoms with E-state index in [1.165, 1.54) is 0 Å². The first-order chi connectivity index (χ1) is 10.9. The number of hydrogen-bond donors (Lipinski definition) is 0. The summed E-state index contributed by atoms with van der Waals surface area (Å²) in [5.41, 5.74) is 1.40. The van der Waals surface area contributed by atoms with Crippen LogP contribution in [0.25, 0.3) is 0 Å². The third-order valence-electron chi connectivity index (χ3n) is 4.94. The Kier molecular flexibility index (Phi) is 3.10. The van der Waals surface area contributed by atoms with E-state index in [0.717, 1.165) is 36.9 Å². The van der Waals surface area contributed by atoms with Crippen LogP contribution in [0.5, 0.6) is 0 Å². The molecule has 122 valence electrons. The zero-order valence-electron chi connectivity index (χ0n) is 13.4. The molecule has 0 saturated heterocycles. The fourth-order valence-electron chi connectivity index (χ4n) is 3.68. The minimum absolute atomic E-state index is 0.218. The number of benzene rings is 1. The predicted octanol–water partition coefficient (Wildman–Crippen LogP) is 3.14. The Morgan fingerprint density at radius 3 is 2.61 bits per heavy atom. The molecule has 1 aromatic heterocycles. The largest absolute Gasteiger partial charge is 0.282 e. The van der Waals surface area contributed by atoms with Crippen LogP contribution in [-0.4, -0.2) is 23.7 Å². The molecule has 4 rings (SSSR count). The summed E-state index contributed by atoms with van der Waals surface area (Å²) in [6.07, 6.45) is 5.47. The second kappa shape index (κ2) is 4.84. The van der Waals surface area contributed by atoms with Crippen molar-refractivity contribution in [2.75, 3.05) is 4.31 Å². The molecular weight excluding hydrogens is 310 g/mol. The molecule has 1 aliphatic heterocycles. The molecule has 0 radical (unpaired) electrons. The molecule has 0 amide bonds. The quantitative estimate of drug-likeness (QED) is 0.868. The molecule has 1 aromatic carbocycles. The highest BCUT2D eigenvalue weighted by atomic mass is 32.2. The molecule has 0 N–H and O–H groups in total. The van der Waals surface area contributed by atoms with E-state index in [1.54, 1.807) is 21.3 Å². The van der Waals surface area contributed by atoms with Gasteiger partial charge in [-0.1, -0.05) is 18.2 Å². The van der Waals surface area contributed by atoms with Crippen molar-refractivity contribution in [1.82, 2.24) is 9.78 Å². The topological polar surface area (TPSA) is 55.2 Å². The van der Waals surface area contributed by atoms with E-state index in [9.17, 15) is 8.42 Å². The average molecular weight is 331 g/mol. The second-order valence-electron chi connectivity index (χ2n) is 7.09. The van der Waals surface area contributed by atoms with Gasteiger partial charge in [0.05, 0.1) is 23.5 Å². The number of para-hydroxylation sites is 1. The van der Waals surface area contributed by atoms with Crippen LogP contribution in [0.4, 0.5) is 5.69 Å². The second-order valence-corrected chi connectivity index (χ2v) is 8.82. The van der Waals surface area contributed by atoms with Crippen molar-refractivity contribution >= 4 is 15.7 Å². The number of nitrogens with zero attached hydrogens (tertiary/aromatic N) is 3. The Hall–Kier alpha value is -1.82. The molecule has 0 bridgehead atoms. The molecule has 5 nitrogen and oxygen atoms in total. The number of hydrogen-bond acceptors (Lipinski definition) is 3. The highest BCUT2D eigenvalue weighted by Crippen LogP contribution is 2.43. The monoisotopic (exact) mass is 331 g/mol. The lowest BCUT2D eigenvalue weighted by molar-refractivity contribution is 0.270.